The summed E-state index contributed by atoms with van der Waals surface area (Å²) in [5, 5.41) is 0. The van der Waals surface area contributed by atoms with Crippen molar-refractivity contribution in [2.45, 2.75) is 18.8 Å². The van der Waals surface area contributed by atoms with Gasteiger partial charge in [-0.2, -0.15) is 8.42 Å². The van der Waals surface area contributed by atoms with Crippen LogP contribution in [-0.4, -0.2) is 20.8 Å². The third-order valence-electron chi connectivity index (χ3n) is 2.88. The molecule has 0 spiro atoms. The molecule has 1 unspecified atom stereocenters. The van der Waals surface area contributed by atoms with Crippen molar-refractivity contribution in [3.8, 4) is 0 Å². The van der Waals surface area contributed by atoms with Crippen molar-refractivity contribution in [2.75, 3.05) is 12.4 Å². The first-order valence-electron chi connectivity index (χ1n) is 4.95. The van der Waals surface area contributed by atoms with Crippen molar-refractivity contribution in [3.05, 3.63) is 35.9 Å². The van der Waals surface area contributed by atoms with Crippen LogP contribution in [-0.2, 0) is 19.7 Å². The van der Waals surface area contributed by atoms with Crippen LogP contribution in [0.5, 0.6) is 0 Å². The van der Waals surface area contributed by atoms with Gasteiger partial charge in [0.1, 0.15) is 0 Å². The minimum absolute atomic E-state index is 0.0734. The first-order valence-corrected chi connectivity index (χ1v) is 6.52. The molecule has 1 aliphatic rings. The number of hydrogen-bond acceptors (Lipinski definition) is 3. The summed E-state index contributed by atoms with van der Waals surface area (Å²) in [6.07, 6.45) is 0.746. The Hall–Kier alpha value is -0.870. The average Bonchev–Trinajstić information content (AvgIpc) is 2.17. The Balaban J connectivity index is 2.35. The normalized spacial score (nSPS) is 29.9. The van der Waals surface area contributed by atoms with Crippen LogP contribution < -0.4 is 0 Å². The molecular formula is C11H14O3S. The molecule has 0 N–H and O–H groups in total. The largest absolute Gasteiger partial charge is 0.270 e. The van der Waals surface area contributed by atoms with Gasteiger partial charge in [0.15, 0.2) is 0 Å². The molecule has 2 rings (SSSR count). The predicted molar refractivity (Wildman–Crippen MR) is 58.1 cm³/mol. The highest BCUT2D eigenvalue weighted by Gasteiger charge is 2.37. The topological polar surface area (TPSA) is 43.4 Å². The minimum Gasteiger partial charge on any atom is -0.270 e. The van der Waals surface area contributed by atoms with Crippen molar-refractivity contribution >= 4 is 10.1 Å². The summed E-state index contributed by atoms with van der Waals surface area (Å²) in [7, 11) is -3.34. The Labute approximate surface area is 90.2 Å². The molecule has 1 saturated heterocycles. The van der Waals surface area contributed by atoms with E-state index in [9.17, 15) is 8.42 Å². The van der Waals surface area contributed by atoms with E-state index >= 15 is 0 Å². The molecule has 0 bridgehead atoms. The SMILES string of the molecule is CC1(c2ccccc2)CCOS(=O)(=O)C1. The van der Waals surface area contributed by atoms with E-state index in [1.807, 2.05) is 37.3 Å². The van der Waals surface area contributed by atoms with Crippen LogP contribution in [0, 0.1) is 0 Å². The zero-order valence-corrected chi connectivity index (χ0v) is 9.46. The second kappa shape index (κ2) is 3.61. The maximum atomic E-state index is 11.4. The fraction of sp³-hybridized carbons (Fsp3) is 0.455. The van der Waals surface area contributed by atoms with Gasteiger partial charge in [0.25, 0.3) is 10.1 Å². The molecule has 1 aromatic rings. The summed E-state index contributed by atoms with van der Waals surface area (Å²) < 4.78 is 27.6. The molecule has 0 saturated carbocycles. The maximum absolute atomic E-state index is 11.4. The van der Waals surface area contributed by atoms with Gasteiger partial charge >= 0.3 is 0 Å². The van der Waals surface area contributed by atoms with E-state index in [2.05, 4.69) is 0 Å². The van der Waals surface area contributed by atoms with Crippen LogP contribution in [0.3, 0.4) is 0 Å². The highest BCUT2D eigenvalue weighted by Crippen LogP contribution is 2.33. The molecule has 0 aliphatic carbocycles. The Bertz CT molecular complexity index is 438. The first-order chi connectivity index (χ1) is 7.02. The third kappa shape index (κ3) is 2.21. The van der Waals surface area contributed by atoms with E-state index in [-0.39, 0.29) is 17.8 Å². The lowest BCUT2D eigenvalue weighted by molar-refractivity contribution is 0.243. The van der Waals surface area contributed by atoms with Gasteiger partial charge in [-0.05, 0) is 12.0 Å². The van der Waals surface area contributed by atoms with E-state index in [0.717, 1.165) is 12.0 Å². The molecule has 1 aliphatic heterocycles. The van der Waals surface area contributed by atoms with Crippen molar-refractivity contribution in [1.29, 1.82) is 0 Å². The number of hydrogen-bond donors (Lipinski definition) is 0. The van der Waals surface area contributed by atoms with Crippen molar-refractivity contribution < 1.29 is 12.6 Å². The van der Waals surface area contributed by atoms with E-state index < -0.39 is 10.1 Å². The second-order valence-corrected chi connectivity index (χ2v) is 5.84. The third-order valence-corrected chi connectivity index (χ3v) is 4.40. The molecule has 3 nitrogen and oxygen atoms in total. The fourth-order valence-corrected chi connectivity index (χ4v) is 3.48. The summed E-state index contributed by atoms with van der Waals surface area (Å²) in [6, 6.07) is 9.74. The standard InChI is InChI=1S/C11H14O3S/c1-11(10-5-3-2-4-6-10)7-8-14-15(12,13)9-11/h2-6H,7-9H2,1H3. The quantitative estimate of drug-likeness (QED) is 0.684. The monoisotopic (exact) mass is 226 g/mol. The van der Waals surface area contributed by atoms with Crippen LogP contribution in [0.2, 0.25) is 0 Å². The molecule has 15 heavy (non-hydrogen) atoms. The predicted octanol–water partition coefficient (Wildman–Crippen LogP) is 1.69. The van der Waals surface area contributed by atoms with E-state index in [4.69, 9.17) is 4.18 Å². The lowest BCUT2D eigenvalue weighted by Crippen LogP contribution is -2.38. The van der Waals surface area contributed by atoms with Crippen molar-refractivity contribution in [2.24, 2.45) is 0 Å². The Morgan fingerprint density at radius 2 is 1.93 bits per heavy atom. The number of benzene rings is 1. The van der Waals surface area contributed by atoms with Crippen LogP contribution in [0.15, 0.2) is 30.3 Å². The average molecular weight is 226 g/mol. The maximum Gasteiger partial charge on any atom is 0.268 e. The molecule has 0 amide bonds. The Morgan fingerprint density at radius 1 is 1.27 bits per heavy atom. The molecule has 1 aromatic carbocycles. The van der Waals surface area contributed by atoms with Crippen LogP contribution in [0.1, 0.15) is 18.9 Å². The number of rotatable bonds is 1. The fourth-order valence-electron chi connectivity index (χ4n) is 1.97. The highest BCUT2D eigenvalue weighted by atomic mass is 32.2. The van der Waals surface area contributed by atoms with Crippen LogP contribution >= 0.6 is 0 Å². The van der Waals surface area contributed by atoms with Gasteiger partial charge in [0.2, 0.25) is 0 Å². The Kier molecular flexibility index (Phi) is 2.56. The summed E-state index contributed by atoms with van der Waals surface area (Å²) in [6.45, 7) is 2.26. The molecule has 82 valence electrons. The van der Waals surface area contributed by atoms with Gasteiger partial charge < -0.3 is 0 Å². The van der Waals surface area contributed by atoms with Gasteiger partial charge in [-0.3, -0.25) is 4.18 Å². The van der Waals surface area contributed by atoms with E-state index in [1.54, 1.807) is 0 Å². The summed E-state index contributed by atoms with van der Waals surface area (Å²) in [5.74, 6) is 0.0734. The molecule has 0 aromatic heterocycles. The lowest BCUT2D eigenvalue weighted by atomic mass is 9.81. The highest BCUT2D eigenvalue weighted by molar-refractivity contribution is 7.86. The Morgan fingerprint density at radius 3 is 2.53 bits per heavy atom. The molecule has 4 heteroatoms. The van der Waals surface area contributed by atoms with Crippen LogP contribution in [0.4, 0.5) is 0 Å². The lowest BCUT2D eigenvalue weighted by Gasteiger charge is -2.33. The second-order valence-electron chi connectivity index (χ2n) is 4.20. The minimum atomic E-state index is -3.34. The van der Waals surface area contributed by atoms with Gasteiger partial charge in [-0.15, -0.1) is 0 Å². The summed E-state index contributed by atoms with van der Waals surface area (Å²) in [4.78, 5) is 0. The summed E-state index contributed by atoms with van der Waals surface area (Å²) in [5.41, 5.74) is 0.759. The molecule has 1 atom stereocenters. The molecular weight excluding hydrogens is 212 g/mol. The van der Waals surface area contributed by atoms with Gasteiger partial charge in [-0.25, -0.2) is 0 Å². The molecule has 1 fully saturated rings. The smallest absolute Gasteiger partial charge is 0.268 e. The van der Waals surface area contributed by atoms with Crippen molar-refractivity contribution in [3.63, 3.8) is 0 Å². The van der Waals surface area contributed by atoms with E-state index in [0.29, 0.717) is 0 Å². The van der Waals surface area contributed by atoms with Gasteiger partial charge in [0.05, 0.1) is 12.4 Å². The molecule has 1 heterocycles. The van der Waals surface area contributed by atoms with E-state index in [1.165, 1.54) is 0 Å². The van der Waals surface area contributed by atoms with Crippen LogP contribution in [0.25, 0.3) is 0 Å². The van der Waals surface area contributed by atoms with Crippen molar-refractivity contribution in [1.82, 2.24) is 0 Å². The van der Waals surface area contributed by atoms with Gasteiger partial charge in [-0.1, -0.05) is 37.3 Å². The summed E-state index contributed by atoms with van der Waals surface area (Å²) >= 11 is 0. The first kappa shape index (κ1) is 10.6. The zero-order chi connectivity index (χ0) is 10.9. The molecule has 0 radical (unpaired) electrons. The zero-order valence-electron chi connectivity index (χ0n) is 8.64. The van der Waals surface area contributed by atoms with Gasteiger partial charge in [0, 0.05) is 5.41 Å².